The van der Waals surface area contributed by atoms with Gasteiger partial charge in [0.2, 0.25) is 5.91 Å². The molecule has 0 fully saturated rings. The van der Waals surface area contributed by atoms with E-state index in [0.717, 1.165) is 5.56 Å². The molecule has 17 heavy (non-hydrogen) atoms. The van der Waals surface area contributed by atoms with Crippen LogP contribution in [0.1, 0.15) is 30.9 Å². The zero-order valence-corrected chi connectivity index (χ0v) is 10.2. The highest BCUT2D eigenvalue weighted by Crippen LogP contribution is 2.18. The maximum atomic E-state index is 11.6. The quantitative estimate of drug-likeness (QED) is 0.831. The molecule has 1 aromatic carbocycles. The van der Waals surface area contributed by atoms with Gasteiger partial charge in [-0.1, -0.05) is 12.1 Å². The van der Waals surface area contributed by atoms with Crippen molar-refractivity contribution in [3.63, 3.8) is 0 Å². The third-order valence-electron chi connectivity index (χ3n) is 2.49. The van der Waals surface area contributed by atoms with E-state index in [1.54, 1.807) is 6.07 Å². The molecule has 4 heteroatoms. The first-order chi connectivity index (χ1) is 8.04. The van der Waals surface area contributed by atoms with Crippen LogP contribution in [0.4, 0.5) is 5.69 Å². The summed E-state index contributed by atoms with van der Waals surface area (Å²) in [7, 11) is 0. The van der Waals surface area contributed by atoms with Crippen LogP contribution in [0.2, 0.25) is 0 Å². The van der Waals surface area contributed by atoms with Gasteiger partial charge in [-0.05, 0) is 31.9 Å². The highest BCUT2D eigenvalue weighted by atomic mass is 16.1. The van der Waals surface area contributed by atoms with Gasteiger partial charge in [0.25, 0.3) is 0 Å². The third kappa shape index (κ3) is 3.89. The van der Waals surface area contributed by atoms with E-state index in [2.05, 4.69) is 11.4 Å². The maximum Gasteiger partial charge on any atom is 0.224 e. The number of hydrogen-bond donors (Lipinski definition) is 2. The van der Waals surface area contributed by atoms with Crippen LogP contribution in [-0.2, 0) is 4.79 Å². The van der Waals surface area contributed by atoms with Gasteiger partial charge in [-0.3, -0.25) is 4.79 Å². The Bertz CT molecular complexity index is 446. The molecule has 0 aliphatic carbocycles. The molecule has 1 amide bonds. The Hall–Kier alpha value is -1.86. The summed E-state index contributed by atoms with van der Waals surface area (Å²) in [6.07, 6.45) is 1.01. The molecule has 0 aliphatic rings. The van der Waals surface area contributed by atoms with Gasteiger partial charge in [0.15, 0.2) is 0 Å². The van der Waals surface area contributed by atoms with Crippen LogP contribution in [0, 0.1) is 18.3 Å². The first-order valence-corrected chi connectivity index (χ1v) is 5.59. The molecule has 0 bridgehead atoms. The number of carbonyl (C=O) groups is 1. The molecule has 0 aromatic heterocycles. The van der Waals surface area contributed by atoms with E-state index in [4.69, 9.17) is 11.0 Å². The summed E-state index contributed by atoms with van der Waals surface area (Å²) < 4.78 is 0. The van der Waals surface area contributed by atoms with Gasteiger partial charge in [-0.2, -0.15) is 5.26 Å². The molecule has 1 rings (SSSR count). The van der Waals surface area contributed by atoms with Gasteiger partial charge >= 0.3 is 0 Å². The Morgan fingerprint density at radius 1 is 1.59 bits per heavy atom. The summed E-state index contributed by atoms with van der Waals surface area (Å²) in [5.41, 5.74) is 7.53. The van der Waals surface area contributed by atoms with Crippen molar-refractivity contribution >= 4 is 11.6 Å². The highest BCUT2D eigenvalue weighted by molar-refractivity contribution is 5.92. The van der Waals surface area contributed by atoms with E-state index in [9.17, 15) is 4.79 Å². The lowest BCUT2D eigenvalue weighted by Crippen LogP contribution is -2.19. The number of nitrogens with zero attached hydrogens (tertiary/aromatic N) is 1. The van der Waals surface area contributed by atoms with Gasteiger partial charge < -0.3 is 11.1 Å². The average molecular weight is 231 g/mol. The molecule has 0 saturated carbocycles. The minimum absolute atomic E-state index is 0.00805. The Labute approximate surface area is 101 Å². The van der Waals surface area contributed by atoms with Crippen LogP contribution in [0.3, 0.4) is 0 Å². The van der Waals surface area contributed by atoms with Crippen molar-refractivity contribution in [3.8, 4) is 6.07 Å². The van der Waals surface area contributed by atoms with Crippen molar-refractivity contribution in [3.05, 3.63) is 29.3 Å². The second kappa shape index (κ2) is 6.02. The number of aryl methyl sites for hydroxylation is 1. The standard InChI is InChI=1S/C13H17N3O/c1-9-4-3-5-12(11(9)8-14)16-13(17)7-6-10(2)15/h3-5,10H,6-7,15H2,1-2H3,(H,16,17). The number of nitriles is 1. The van der Waals surface area contributed by atoms with Crippen LogP contribution < -0.4 is 11.1 Å². The van der Waals surface area contributed by atoms with Crippen LogP contribution in [0.25, 0.3) is 0 Å². The second-order valence-corrected chi connectivity index (χ2v) is 4.17. The molecule has 0 saturated heterocycles. The first-order valence-electron chi connectivity index (χ1n) is 5.59. The normalized spacial score (nSPS) is 11.6. The van der Waals surface area contributed by atoms with E-state index in [1.807, 2.05) is 26.0 Å². The maximum absolute atomic E-state index is 11.6. The fourth-order valence-corrected chi connectivity index (χ4v) is 1.49. The van der Waals surface area contributed by atoms with Crippen molar-refractivity contribution < 1.29 is 4.79 Å². The van der Waals surface area contributed by atoms with E-state index < -0.39 is 0 Å². The fraction of sp³-hybridized carbons (Fsp3) is 0.385. The van der Waals surface area contributed by atoms with E-state index in [1.165, 1.54) is 0 Å². The molecule has 90 valence electrons. The molecule has 3 N–H and O–H groups in total. The Kier molecular flexibility index (Phi) is 4.68. The smallest absolute Gasteiger partial charge is 0.224 e. The predicted octanol–water partition coefficient (Wildman–Crippen LogP) is 1.93. The van der Waals surface area contributed by atoms with Gasteiger partial charge in [0.1, 0.15) is 6.07 Å². The van der Waals surface area contributed by atoms with Crippen LogP contribution in [0.15, 0.2) is 18.2 Å². The monoisotopic (exact) mass is 231 g/mol. The molecular formula is C13H17N3O. The summed E-state index contributed by atoms with van der Waals surface area (Å²) in [5, 5.41) is 11.7. The summed E-state index contributed by atoms with van der Waals surface area (Å²) in [5.74, 6) is -0.107. The van der Waals surface area contributed by atoms with E-state index >= 15 is 0 Å². The number of amides is 1. The molecule has 0 spiro atoms. The summed E-state index contributed by atoms with van der Waals surface area (Å²) >= 11 is 0. The zero-order valence-electron chi connectivity index (χ0n) is 10.2. The number of hydrogen-bond acceptors (Lipinski definition) is 3. The molecule has 1 aromatic rings. The largest absolute Gasteiger partial charge is 0.328 e. The molecule has 4 nitrogen and oxygen atoms in total. The van der Waals surface area contributed by atoms with Crippen LogP contribution in [0.5, 0.6) is 0 Å². The number of nitrogens with one attached hydrogen (secondary N) is 1. The number of carbonyl (C=O) groups excluding carboxylic acids is 1. The lowest BCUT2D eigenvalue weighted by atomic mass is 10.1. The second-order valence-electron chi connectivity index (χ2n) is 4.17. The van der Waals surface area contributed by atoms with Gasteiger partial charge in [0, 0.05) is 12.5 Å². The lowest BCUT2D eigenvalue weighted by Gasteiger charge is -2.09. The predicted molar refractivity (Wildman–Crippen MR) is 67.4 cm³/mol. The van der Waals surface area contributed by atoms with Crippen molar-refractivity contribution in [1.29, 1.82) is 5.26 Å². The Balaban J connectivity index is 2.72. The van der Waals surface area contributed by atoms with Crippen molar-refractivity contribution in [2.75, 3.05) is 5.32 Å². The molecule has 1 unspecified atom stereocenters. The SMILES string of the molecule is Cc1cccc(NC(=O)CCC(C)N)c1C#N. The molecule has 0 aliphatic heterocycles. The molecular weight excluding hydrogens is 214 g/mol. The molecule has 1 atom stereocenters. The van der Waals surface area contributed by atoms with E-state index in [-0.39, 0.29) is 11.9 Å². The van der Waals surface area contributed by atoms with Crippen molar-refractivity contribution in [1.82, 2.24) is 0 Å². The summed E-state index contributed by atoms with van der Waals surface area (Å²) in [6.45, 7) is 3.71. The highest BCUT2D eigenvalue weighted by Gasteiger charge is 2.09. The zero-order chi connectivity index (χ0) is 12.8. The Morgan fingerprint density at radius 3 is 2.88 bits per heavy atom. The van der Waals surface area contributed by atoms with Gasteiger partial charge in [0.05, 0.1) is 11.3 Å². The minimum Gasteiger partial charge on any atom is -0.328 e. The van der Waals surface area contributed by atoms with Crippen molar-refractivity contribution in [2.24, 2.45) is 5.73 Å². The number of rotatable bonds is 4. The number of benzene rings is 1. The first kappa shape index (κ1) is 13.2. The average Bonchev–Trinajstić information content (AvgIpc) is 2.27. The van der Waals surface area contributed by atoms with E-state index in [0.29, 0.717) is 24.1 Å². The fourth-order valence-electron chi connectivity index (χ4n) is 1.49. The van der Waals surface area contributed by atoms with Gasteiger partial charge in [-0.25, -0.2) is 0 Å². The number of anilines is 1. The Morgan fingerprint density at radius 2 is 2.29 bits per heavy atom. The van der Waals surface area contributed by atoms with Gasteiger partial charge in [-0.15, -0.1) is 0 Å². The summed E-state index contributed by atoms with van der Waals surface area (Å²) in [4.78, 5) is 11.6. The van der Waals surface area contributed by atoms with Crippen molar-refractivity contribution in [2.45, 2.75) is 32.7 Å². The summed E-state index contributed by atoms with van der Waals surface area (Å²) in [6, 6.07) is 7.49. The van der Waals surface area contributed by atoms with Crippen LogP contribution in [-0.4, -0.2) is 11.9 Å². The number of nitrogens with two attached hydrogens (primary N) is 1. The topological polar surface area (TPSA) is 78.9 Å². The van der Waals surface area contributed by atoms with Crippen LogP contribution >= 0.6 is 0 Å². The molecule has 0 heterocycles. The lowest BCUT2D eigenvalue weighted by molar-refractivity contribution is -0.116. The molecule has 0 radical (unpaired) electrons. The minimum atomic E-state index is -0.107. The third-order valence-corrected chi connectivity index (χ3v) is 2.49.